The lowest BCUT2D eigenvalue weighted by Gasteiger charge is -2.22. The molecule has 2 aromatic rings. The van der Waals surface area contributed by atoms with Crippen LogP contribution in [-0.2, 0) is 4.74 Å². The summed E-state index contributed by atoms with van der Waals surface area (Å²) >= 11 is 0. The highest BCUT2D eigenvalue weighted by Crippen LogP contribution is 2.31. The number of benzene rings is 2. The highest BCUT2D eigenvalue weighted by molar-refractivity contribution is 5.42. The van der Waals surface area contributed by atoms with Gasteiger partial charge in [-0.2, -0.15) is 0 Å². The maximum atomic E-state index is 5.75. The van der Waals surface area contributed by atoms with E-state index in [1.165, 1.54) is 0 Å². The van der Waals surface area contributed by atoms with Crippen molar-refractivity contribution >= 4 is 0 Å². The van der Waals surface area contributed by atoms with E-state index < -0.39 is 0 Å². The Morgan fingerprint density at radius 3 is 2.23 bits per heavy atom. The van der Waals surface area contributed by atoms with Gasteiger partial charge in [0, 0.05) is 13.5 Å². The second-order valence-corrected chi connectivity index (χ2v) is 6.57. The van der Waals surface area contributed by atoms with Crippen LogP contribution in [0.5, 0.6) is 23.0 Å². The van der Waals surface area contributed by atoms with Crippen molar-refractivity contribution < 1.29 is 23.7 Å². The molecule has 1 aliphatic rings. The maximum Gasteiger partial charge on any atom is 0.177 e. The summed E-state index contributed by atoms with van der Waals surface area (Å²) in [6.45, 7) is 4.96. The van der Waals surface area contributed by atoms with Crippen molar-refractivity contribution in [2.24, 2.45) is 0 Å². The van der Waals surface area contributed by atoms with Gasteiger partial charge in [-0.05, 0) is 50.2 Å². The first kappa shape index (κ1) is 18.1. The van der Waals surface area contributed by atoms with Gasteiger partial charge >= 0.3 is 0 Å². The van der Waals surface area contributed by atoms with Crippen molar-refractivity contribution in [3.05, 3.63) is 60.6 Å². The van der Waals surface area contributed by atoms with E-state index in [-0.39, 0.29) is 12.2 Å². The Kier molecular flexibility index (Phi) is 5.68. The molecule has 5 nitrogen and oxygen atoms in total. The number of methoxy groups -OCH3 is 1. The molecule has 0 saturated carbocycles. The monoisotopic (exact) mass is 356 g/mol. The van der Waals surface area contributed by atoms with E-state index in [1.54, 1.807) is 13.4 Å². The molecule has 0 atom stereocenters. The van der Waals surface area contributed by atoms with Crippen LogP contribution in [0.25, 0.3) is 0 Å². The summed E-state index contributed by atoms with van der Waals surface area (Å²) in [5.74, 6) is 3.55. The lowest BCUT2D eigenvalue weighted by molar-refractivity contribution is 0.00545. The van der Waals surface area contributed by atoms with Crippen LogP contribution in [0.2, 0.25) is 0 Å². The highest BCUT2D eigenvalue weighted by Gasteiger charge is 2.16. The molecule has 0 aliphatic carbocycles. The van der Waals surface area contributed by atoms with Gasteiger partial charge in [-0.1, -0.05) is 12.1 Å². The predicted octanol–water partition coefficient (Wildman–Crippen LogP) is 4.57. The molecule has 0 bridgehead atoms. The van der Waals surface area contributed by atoms with E-state index in [2.05, 4.69) is 0 Å². The van der Waals surface area contributed by atoms with Gasteiger partial charge in [-0.25, -0.2) is 0 Å². The molecule has 0 amide bonds. The molecule has 3 rings (SSSR count). The largest absolute Gasteiger partial charge is 0.493 e. The zero-order chi connectivity index (χ0) is 18.4. The SMILES string of the molecule is COC(C)(C)CCOc1ccc(OCC2=COc3ccccc3O2)cc1. The van der Waals surface area contributed by atoms with Crippen LogP contribution in [0.1, 0.15) is 20.3 Å². The number of rotatable bonds is 8. The lowest BCUT2D eigenvalue weighted by Crippen LogP contribution is -2.25. The topological polar surface area (TPSA) is 46.2 Å². The third kappa shape index (κ3) is 4.92. The van der Waals surface area contributed by atoms with Gasteiger partial charge in [0.15, 0.2) is 17.3 Å². The Morgan fingerprint density at radius 2 is 1.54 bits per heavy atom. The molecule has 0 N–H and O–H groups in total. The standard InChI is InChI=1S/C21H24O5/c1-21(2,22-3)12-13-23-16-8-10-17(11-9-16)24-14-18-15-25-19-6-4-5-7-20(19)26-18/h4-11,15H,12-14H2,1-3H3. The summed E-state index contributed by atoms with van der Waals surface area (Å²) in [5.41, 5.74) is -0.183. The third-order valence-corrected chi connectivity index (χ3v) is 4.14. The Bertz CT molecular complexity index is 749. The molecule has 0 fully saturated rings. The minimum absolute atomic E-state index is 0.183. The van der Waals surface area contributed by atoms with Gasteiger partial charge in [0.25, 0.3) is 0 Å². The second-order valence-electron chi connectivity index (χ2n) is 6.57. The fourth-order valence-corrected chi connectivity index (χ4v) is 2.29. The van der Waals surface area contributed by atoms with Crippen molar-refractivity contribution in [3.63, 3.8) is 0 Å². The average molecular weight is 356 g/mol. The summed E-state index contributed by atoms with van der Waals surface area (Å²) in [6.07, 6.45) is 2.38. The van der Waals surface area contributed by atoms with E-state index >= 15 is 0 Å². The van der Waals surface area contributed by atoms with Crippen molar-refractivity contribution in [3.8, 4) is 23.0 Å². The molecule has 2 aromatic carbocycles. The molecular weight excluding hydrogens is 332 g/mol. The summed E-state index contributed by atoms with van der Waals surface area (Å²) < 4.78 is 28.1. The van der Waals surface area contributed by atoms with Gasteiger partial charge in [-0.3, -0.25) is 0 Å². The zero-order valence-electron chi connectivity index (χ0n) is 15.4. The summed E-state index contributed by atoms with van der Waals surface area (Å²) in [6, 6.07) is 15.0. The molecule has 0 radical (unpaired) electrons. The second kappa shape index (κ2) is 8.15. The molecule has 5 heteroatoms. The summed E-state index contributed by atoms with van der Waals surface area (Å²) in [5, 5.41) is 0. The van der Waals surface area contributed by atoms with E-state index in [9.17, 15) is 0 Å². The minimum Gasteiger partial charge on any atom is -0.493 e. The van der Waals surface area contributed by atoms with Gasteiger partial charge in [0.1, 0.15) is 24.4 Å². The normalized spacial score (nSPS) is 13.1. The van der Waals surface area contributed by atoms with Crippen LogP contribution < -0.4 is 18.9 Å². The average Bonchev–Trinajstić information content (AvgIpc) is 2.67. The summed E-state index contributed by atoms with van der Waals surface area (Å²) in [4.78, 5) is 0. The van der Waals surface area contributed by atoms with Crippen LogP contribution in [0.15, 0.2) is 60.6 Å². The van der Waals surface area contributed by atoms with E-state index in [1.807, 2.05) is 62.4 Å². The van der Waals surface area contributed by atoms with E-state index in [0.717, 1.165) is 17.9 Å². The molecule has 26 heavy (non-hydrogen) atoms. The molecule has 1 heterocycles. The molecular formula is C21H24O5. The third-order valence-electron chi connectivity index (χ3n) is 4.14. The van der Waals surface area contributed by atoms with E-state index in [0.29, 0.717) is 23.9 Å². The van der Waals surface area contributed by atoms with Crippen LogP contribution >= 0.6 is 0 Å². The lowest BCUT2D eigenvalue weighted by atomic mass is 10.1. The molecule has 138 valence electrons. The van der Waals surface area contributed by atoms with Crippen LogP contribution in [-0.4, -0.2) is 25.9 Å². The molecule has 0 saturated heterocycles. The number of hydrogen-bond donors (Lipinski definition) is 0. The first-order valence-electron chi connectivity index (χ1n) is 8.59. The van der Waals surface area contributed by atoms with Crippen molar-refractivity contribution in [2.75, 3.05) is 20.3 Å². The Morgan fingerprint density at radius 1 is 0.885 bits per heavy atom. The van der Waals surface area contributed by atoms with Crippen molar-refractivity contribution in [1.29, 1.82) is 0 Å². The van der Waals surface area contributed by atoms with E-state index in [4.69, 9.17) is 23.7 Å². The maximum absolute atomic E-state index is 5.75. The quantitative estimate of drug-likeness (QED) is 0.693. The first-order chi connectivity index (χ1) is 12.6. The zero-order valence-corrected chi connectivity index (χ0v) is 15.4. The van der Waals surface area contributed by atoms with Gasteiger partial charge in [-0.15, -0.1) is 0 Å². The van der Waals surface area contributed by atoms with Gasteiger partial charge in [0.05, 0.1) is 12.2 Å². The Balaban J connectivity index is 1.46. The molecule has 1 aliphatic heterocycles. The van der Waals surface area contributed by atoms with Crippen LogP contribution in [0, 0.1) is 0 Å². The summed E-state index contributed by atoms with van der Waals surface area (Å²) in [7, 11) is 1.71. The predicted molar refractivity (Wildman–Crippen MR) is 98.9 cm³/mol. The van der Waals surface area contributed by atoms with Gasteiger partial charge < -0.3 is 23.7 Å². The number of hydrogen-bond acceptors (Lipinski definition) is 5. The number of ether oxygens (including phenoxy) is 5. The van der Waals surface area contributed by atoms with Gasteiger partial charge in [0.2, 0.25) is 0 Å². The minimum atomic E-state index is -0.183. The molecule has 0 spiro atoms. The fraction of sp³-hybridized carbons (Fsp3) is 0.333. The van der Waals surface area contributed by atoms with Crippen molar-refractivity contribution in [1.82, 2.24) is 0 Å². The number of para-hydroxylation sites is 2. The van der Waals surface area contributed by atoms with Crippen LogP contribution in [0.3, 0.4) is 0 Å². The smallest absolute Gasteiger partial charge is 0.177 e. The van der Waals surface area contributed by atoms with Crippen molar-refractivity contribution in [2.45, 2.75) is 25.9 Å². The Labute approximate surface area is 154 Å². The Hall–Kier alpha value is -2.66. The van der Waals surface area contributed by atoms with Crippen LogP contribution in [0.4, 0.5) is 0 Å². The number of fused-ring (bicyclic) bond motifs is 1. The first-order valence-corrected chi connectivity index (χ1v) is 8.59. The molecule has 0 aromatic heterocycles. The fourth-order valence-electron chi connectivity index (χ4n) is 2.29. The highest BCUT2D eigenvalue weighted by atomic mass is 16.6. The molecule has 0 unspecified atom stereocenters.